The Hall–Kier alpha value is -2.82. The van der Waals surface area contributed by atoms with Gasteiger partial charge in [-0.1, -0.05) is 37.6 Å². The Morgan fingerprint density at radius 2 is 1.88 bits per heavy atom. The minimum absolute atomic E-state index is 0.0947. The highest BCUT2D eigenvalue weighted by atomic mass is 16.5. The van der Waals surface area contributed by atoms with Crippen molar-refractivity contribution in [3.63, 3.8) is 0 Å². The lowest BCUT2D eigenvalue weighted by Gasteiger charge is -2.23. The van der Waals surface area contributed by atoms with Gasteiger partial charge in [-0.25, -0.2) is 0 Å². The first-order valence-electron chi connectivity index (χ1n) is 9.04. The van der Waals surface area contributed by atoms with Crippen molar-refractivity contribution in [1.29, 1.82) is 0 Å². The average Bonchev–Trinajstić information content (AvgIpc) is 2.62. The third kappa shape index (κ3) is 4.42. The fourth-order valence-corrected chi connectivity index (χ4v) is 2.88. The lowest BCUT2D eigenvalue weighted by Crippen LogP contribution is -2.34. The van der Waals surface area contributed by atoms with E-state index in [1.807, 2.05) is 12.1 Å². The van der Waals surface area contributed by atoms with Gasteiger partial charge in [0.1, 0.15) is 5.75 Å². The Morgan fingerprint density at radius 1 is 1.15 bits per heavy atom. The number of carbonyl (C=O) groups is 2. The second kappa shape index (κ2) is 8.04. The first kappa shape index (κ1) is 18.0. The molecule has 2 aromatic carbocycles. The molecule has 2 amide bonds. The molecule has 0 unspecified atom stereocenters. The van der Waals surface area contributed by atoms with Crippen LogP contribution in [0.15, 0.2) is 42.5 Å². The summed E-state index contributed by atoms with van der Waals surface area (Å²) in [6.07, 6.45) is 3.23. The van der Waals surface area contributed by atoms with Gasteiger partial charge in [-0.15, -0.1) is 0 Å². The molecule has 0 aromatic heterocycles. The van der Waals surface area contributed by atoms with E-state index in [2.05, 4.69) is 29.7 Å². The maximum absolute atomic E-state index is 12.3. The van der Waals surface area contributed by atoms with Crippen LogP contribution in [0.3, 0.4) is 0 Å². The van der Waals surface area contributed by atoms with Crippen LogP contribution in [0.2, 0.25) is 0 Å². The molecular weight excluding hydrogens is 328 g/mol. The summed E-state index contributed by atoms with van der Waals surface area (Å²) in [6.45, 7) is 3.87. The zero-order chi connectivity index (χ0) is 18.5. The van der Waals surface area contributed by atoms with E-state index >= 15 is 0 Å². The summed E-state index contributed by atoms with van der Waals surface area (Å²) in [5, 5.41) is 5.65. The summed E-state index contributed by atoms with van der Waals surface area (Å²) >= 11 is 0. The molecule has 0 fully saturated rings. The van der Waals surface area contributed by atoms with Gasteiger partial charge in [0.05, 0.1) is 12.1 Å². The Labute approximate surface area is 153 Å². The lowest BCUT2D eigenvalue weighted by atomic mass is 10.0. The van der Waals surface area contributed by atoms with Crippen LogP contribution >= 0.6 is 0 Å². The molecule has 5 heteroatoms. The molecule has 3 rings (SSSR count). The molecule has 0 saturated heterocycles. The average molecular weight is 352 g/mol. The summed E-state index contributed by atoms with van der Waals surface area (Å²) in [6, 6.07) is 13.4. The van der Waals surface area contributed by atoms with Crippen molar-refractivity contribution < 1.29 is 14.3 Å². The molecule has 0 aliphatic carbocycles. The molecule has 0 bridgehead atoms. The molecule has 26 heavy (non-hydrogen) atoms. The maximum atomic E-state index is 12.3. The smallest absolute Gasteiger partial charge is 0.265 e. The minimum atomic E-state index is -0.511. The molecule has 1 aliphatic heterocycles. The summed E-state index contributed by atoms with van der Waals surface area (Å²) in [7, 11) is 0. The number of unbranched alkanes of at least 4 members (excludes halogenated alkanes) is 1. The minimum Gasteiger partial charge on any atom is -0.479 e. The number of fused-ring (bicyclic) bond motifs is 1. The lowest BCUT2D eigenvalue weighted by molar-refractivity contribution is -0.122. The van der Waals surface area contributed by atoms with E-state index in [0.717, 1.165) is 12.0 Å². The van der Waals surface area contributed by atoms with Crippen LogP contribution < -0.4 is 15.4 Å². The van der Waals surface area contributed by atoms with Crippen molar-refractivity contribution in [3.05, 3.63) is 53.6 Å². The molecule has 0 saturated carbocycles. The summed E-state index contributed by atoms with van der Waals surface area (Å²) in [5.41, 5.74) is 3.49. The van der Waals surface area contributed by atoms with Gasteiger partial charge in [0.15, 0.2) is 6.10 Å². The summed E-state index contributed by atoms with van der Waals surface area (Å²) < 4.78 is 5.51. The van der Waals surface area contributed by atoms with Crippen LogP contribution in [0.4, 0.5) is 11.4 Å². The summed E-state index contributed by atoms with van der Waals surface area (Å²) in [4.78, 5) is 24.0. The van der Waals surface area contributed by atoms with Gasteiger partial charge in [-0.2, -0.15) is 0 Å². The second-order valence-electron chi connectivity index (χ2n) is 6.61. The van der Waals surface area contributed by atoms with Crippen LogP contribution in [0.1, 0.15) is 37.8 Å². The van der Waals surface area contributed by atoms with E-state index in [4.69, 9.17) is 4.74 Å². The van der Waals surface area contributed by atoms with E-state index in [1.165, 1.54) is 18.4 Å². The molecule has 0 spiro atoms. The topological polar surface area (TPSA) is 67.4 Å². The van der Waals surface area contributed by atoms with Gasteiger partial charge in [0, 0.05) is 5.69 Å². The van der Waals surface area contributed by atoms with E-state index in [1.54, 1.807) is 25.1 Å². The summed E-state index contributed by atoms with van der Waals surface area (Å²) in [5.74, 6) is 0.324. The number of anilines is 2. The zero-order valence-corrected chi connectivity index (χ0v) is 15.2. The van der Waals surface area contributed by atoms with Gasteiger partial charge < -0.3 is 15.4 Å². The van der Waals surface area contributed by atoms with E-state index in [0.29, 0.717) is 23.5 Å². The fourth-order valence-electron chi connectivity index (χ4n) is 2.88. The van der Waals surface area contributed by atoms with Crippen molar-refractivity contribution >= 4 is 23.2 Å². The van der Waals surface area contributed by atoms with Crippen LogP contribution in [0, 0.1) is 0 Å². The monoisotopic (exact) mass is 352 g/mol. The van der Waals surface area contributed by atoms with Gasteiger partial charge in [-0.05, 0) is 49.1 Å². The van der Waals surface area contributed by atoms with Crippen molar-refractivity contribution in [2.24, 2.45) is 0 Å². The highest BCUT2D eigenvalue weighted by molar-refractivity contribution is 5.99. The highest BCUT2D eigenvalue weighted by Crippen LogP contribution is 2.32. The van der Waals surface area contributed by atoms with E-state index < -0.39 is 6.10 Å². The molecule has 136 valence electrons. The number of ether oxygens (including phenoxy) is 1. The molecule has 5 nitrogen and oxygen atoms in total. The van der Waals surface area contributed by atoms with Gasteiger partial charge >= 0.3 is 0 Å². The van der Waals surface area contributed by atoms with Crippen molar-refractivity contribution in [1.82, 2.24) is 0 Å². The SMILES string of the molecule is CCCCc1ccc(CC(=O)Nc2ccc3c(c2)NC(=O)[C@H](C)O3)cc1. The number of rotatable bonds is 6. The number of carbonyl (C=O) groups excluding carboxylic acids is 2. The van der Waals surface area contributed by atoms with Gasteiger partial charge in [-0.3, -0.25) is 9.59 Å². The Kier molecular flexibility index (Phi) is 5.56. The van der Waals surface area contributed by atoms with E-state index in [9.17, 15) is 9.59 Å². The van der Waals surface area contributed by atoms with Crippen LogP contribution in [0.5, 0.6) is 5.75 Å². The predicted molar refractivity (Wildman–Crippen MR) is 103 cm³/mol. The quantitative estimate of drug-likeness (QED) is 0.828. The predicted octanol–water partition coefficient (Wildman–Crippen LogP) is 3.93. The largest absolute Gasteiger partial charge is 0.479 e. The number of amides is 2. The number of hydrogen-bond donors (Lipinski definition) is 2. The van der Waals surface area contributed by atoms with E-state index in [-0.39, 0.29) is 11.8 Å². The van der Waals surface area contributed by atoms with Crippen molar-refractivity contribution in [2.75, 3.05) is 10.6 Å². The van der Waals surface area contributed by atoms with Gasteiger partial charge in [0.2, 0.25) is 5.91 Å². The zero-order valence-electron chi connectivity index (χ0n) is 15.2. The molecule has 2 aromatic rings. The highest BCUT2D eigenvalue weighted by Gasteiger charge is 2.23. The third-order valence-corrected chi connectivity index (χ3v) is 4.40. The third-order valence-electron chi connectivity index (χ3n) is 4.40. The fraction of sp³-hybridized carbons (Fsp3) is 0.333. The maximum Gasteiger partial charge on any atom is 0.265 e. The Bertz CT molecular complexity index is 799. The molecule has 2 N–H and O–H groups in total. The van der Waals surface area contributed by atoms with Crippen molar-refractivity contribution in [2.45, 2.75) is 45.6 Å². The molecular formula is C21H24N2O3. The van der Waals surface area contributed by atoms with Crippen LogP contribution in [-0.4, -0.2) is 17.9 Å². The number of nitrogens with one attached hydrogen (secondary N) is 2. The van der Waals surface area contributed by atoms with Gasteiger partial charge in [0.25, 0.3) is 5.91 Å². The molecule has 1 heterocycles. The Morgan fingerprint density at radius 3 is 2.62 bits per heavy atom. The molecule has 1 atom stereocenters. The first-order valence-corrected chi connectivity index (χ1v) is 9.04. The molecule has 1 aliphatic rings. The van der Waals surface area contributed by atoms with Crippen molar-refractivity contribution in [3.8, 4) is 5.75 Å². The number of aryl methyl sites for hydroxylation is 1. The standard InChI is InChI=1S/C21H24N2O3/c1-3-4-5-15-6-8-16(9-7-15)12-20(24)22-17-10-11-19-18(13-17)23-21(25)14(2)26-19/h6-11,13-14H,3-5,12H2,1-2H3,(H,22,24)(H,23,25)/t14-/m0/s1. The van der Waals surface area contributed by atoms with Crippen LogP contribution in [-0.2, 0) is 22.4 Å². The molecule has 0 radical (unpaired) electrons. The van der Waals surface area contributed by atoms with Crippen LogP contribution in [0.25, 0.3) is 0 Å². The Balaban J connectivity index is 1.60. The first-order chi connectivity index (χ1) is 12.5. The number of benzene rings is 2. The normalized spacial score (nSPS) is 15.6. The number of hydrogen-bond acceptors (Lipinski definition) is 3. The second-order valence-corrected chi connectivity index (χ2v) is 6.61.